The molecule has 0 bridgehead atoms. The molecule has 0 amide bonds. The Kier molecular flexibility index (Phi) is 4.01. The molecule has 2 aromatic rings. The molecule has 3 rings (SSSR count). The highest BCUT2D eigenvalue weighted by Gasteiger charge is 2.21. The van der Waals surface area contributed by atoms with Gasteiger partial charge in [-0.05, 0) is 33.6 Å². The minimum Gasteiger partial charge on any atom is -0.357 e. The van der Waals surface area contributed by atoms with E-state index in [1.165, 1.54) is 11.5 Å². The van der Waals surface area contributed by atoms with Crippen LogP contribution in [0.2, 0.25) is 0 Å². The Balaban J connectivity index is 1.59. The maximum atomic E-state index is 4.54. The van der Waals surface area contributed by atoms with Crippen LogP contribution < -0.4 is 10.2 Å². The van der Waals surface area contributed by atoms with Crippen LogP contribution in [0.15, 0.2) is 6.07 Å². The van der Waals surface area contributed by atoms with Crippen molar-refractivity contribution in [2.24, 2.45) is 0 Å². The van der Waals surface area contributed by atoms with Gasteiger partial charge in [0.2, 0.25) is 5.13 Å². The Morgan fingerprint density at radius 2 is 1.86 bits per heavy atom. The van der Waals surface area contributed by atoms with Crippen LogP contribution in [0.4, 0.5) is 10.9 Å². The van der Waals surface area contributed by atoms with Gasteiger partial charge in [0.1, 0.15) is 17.5 Å². The maximum Gasteiger partial charge on any atom is 0.202 e. The van der Waals surface area contributed by atoms with Gasteiger partial charge in [0, 0.05) is 42.4 Å². The normalized spacial score (nSPS) is 16.2. The molecule has 1 saturated heterocycles. The molecule has 1 aliphatic rings. The van der Waals surface area contributed by atoms with Gasteiger partial charge in [-0.2, -0.15) is 4.37 Å². The third-order valence-corrected chi connectivity index (χ3v) is 4.36. The molecule has 21 heavy (non-hydrogen) atoms. The van der Waals surface area contributed by atoms with Crippen LogP contribution in [0, 0.1) is 20.8 Å². The lowest BCUT2D eigenvalue weighted by Crippen LogP contribution is -2.39. The molecule has 0 radical (unpaired) electrons. The van der Waals surface area contributed by atoms with E-state index in [2.05, 4.69) is 35.6 Å². The van der Waals surface area contributed by atoms with Crippen LogP contribution in [0.1, 0.15) is 30.2 Å². The minimum atomic E-state index is 0.470. The largest absolute Gasteiger partial charge is 0.357 e. The minimum absolute atomic E-state index is 0.470. The smallest absolute Gasteiger partial charge is 0.202 e. The number of hydrogen-bond donors (Lipinski definition) is 1. The third-order valence-electron chi connectivity index (χ3n) is 3.63. The zero-order valence-corrected chi connectivity index (χ0v) is 13.4. The highest BCUT2D eigenvalue weighted by Crippen LogP contribution is 2.21. The Morgan fingerprint density at radius 1 is 1.10 bits per heavy atom. The Morgan fingerprint density at radius 3 is 2.48 bits per heavy atom. The van der Waals surface area contributed by atoms with Gasteiger partial charge >= 0.3 is 0 Å². The second-order valence-electron chi connectivity index (χ2n) is 5.47. The van der Waals surface area contributed by atoms with Crippen molar-refractivity contribution in [2.45, 2.75) is 39.7 Å². The lowest BCUT2D eigenvalue weighted by Gasteiger charge is -2.33. The molecule has 2 aromatic heterocycles. The first-order valence-corrected chi connectivity index (χ1v) is 8.01. The van der Waals surface area contributed by atoms with Gasteiger partial charge in [-0.15, -0.1) is 0 Å². The van der Waals surface area contributed by atoms with Gasteiger partial charge < -0.3 is 10.2 Å². The van der Waals surface area contributed by atoms with E-state index in [-0.39, 0.29) is 0 Å². The summed E-state index contributed by atoms with van der Waals surface area (Å²) in [6, 6.07) is 2.53. The summed E-state index contributed by atoms with van der Waals surface area (Å²) < 4.78 is 4.20. The molecule has 0 spiro atoms. The summed E-state index contributed by atoms with van der Waals surface area (Å²) >= 11 is 1.44. The average Bonchev–Trinajstić information content (AvgIpc) is 2.84. The standard InChI is InChI=1S/C14H20N6S/c1-9-8-13(16-10(2)15-9)20-6-4-12(5-7-20)18-14-17-11(3)19-21-14/h8,12H,4-7H2,1-3H3,(H,17,18,19). The molecule has 0 aliphatic carbocycles. The SMILES string of the molecule is Cc1cc(N2CCC(Nc3nc(C)ns3)CC2)nc(C)n1. The number of nitrogens with one attached hydrogen (secondary N) is 1. The fourth-order valence-electron chi connectivity index (χ4n) is 2.64. The van der Waals surface area contributed by atoms with Crippen LogP contribution in [0.3, 0.4) is 0 Å². The second-order valence-corrected chi connectivity index (χ2v) is 6.22. The first-order chi connectivity index (χ1) is 10.1. The molecule has 6 nitrogen and oxygen atoms in total. The van der Waals surface area contributed by atoms with Crippen LogP contribution in [-0.4, -0.2) is 38.5 Å². The van der Waals surface area contributed by atoms with E-state index in [0.29, 0.717) is 6.04 Å². The number of aromatic nitrogens is 4. The van der Waals surface area contributed by atoms with Gasteiger partial charge in [-0.3, -0.25) is 0 Å². The number of piperidine rings is 1. The predicted molar refractivity (Wildman–Crippen MR) is 85.0 cm³/mol. The van der Waals surface area contributed by atoms with Crippen molar-refractivity contribution < 1.29 is 0 Å². The molecular weight excluding hydrogens is 284 g/mol. The van der Waals surface area contributed by atoms with E-state index >= 15 is 0 Å². The molecular formula is C14H20N6S. The summed E-state index contributed by atoms with van der Waals surface area (Å²) in [5.41, 5.74) is 1.03. The fraction of sp³-hybridized carbons (Fsp3) is 0.571. The van der Waals surface area contributed by atoms with Crippen molar-refractivity contribution in [2.75, 3.05) is 23.3 Å². The first-order valence-electron chi connectivity index (χ1n) is 7.24. The average molecular weight is 304 g/mol. The Bertz CT molecular complexity index is 597. The summed E-state index contributed by atoms with van der Waals surface area (Å²) in [4.78, 5) is 15.6. The Labute approximate surface area is 128 Å². The molecule has 7 heteroatoms. The first kappa shape index (κ1) is 14.2. The summed E-state index contributed by atoms with van der Waals surface area (Å²) in [7, 11) is 0. The monoisotopic (exact) mass is 304 g/mol. The molecule has 0 unspecified atom stereocenters. The molecule has 1 N–H and O–H groups in total. The summed E-state index contributed by atoms with van der Waals surface area (Å²) in [6.07, 6.45) is 2.17. The number of nitrogens with zero attached hydrogens (tertiary/aromatic N) is 5. The van der Waals surface area contributed by atoms with E-state index in [9.17, 15) is 0 Å². The summed E-state index contributed by atoms with van der Waals surface area (Å²) in [6.45, 7) is 7.90. The van der Waals surface area contributed by atoms with Crippen molar-refractivity contribution in [3.8, 4) is 0 Å². The molecule has 0 aromatic carbocycles. The van der Waals surface area contributed by atoms with Gasteiger partial charge in [0.25, 0.3) is 0 Å². The van der Waals surface area contributed by atoms with E-state index < -0.39 is 0 Å². The highest BCUT2D eigenvalue weighted by molar-refractivity contribution is 7.09. The molecule has 1 aliphatic heterocycles. The quantitative estimate of drug-likeness (QED) is 0.939. The van der Waals surface area contributed by atoms with Gasteiger partial charge in [0.05, 0.1) is 0 Å². The van der Waals surface area contributed by atoms with E-state index in [1.54, 1.807) is 0 Å². The molecule has 0 atom stereocenters. The zero-order valence-electron chi connectivity index (χ0n) is 12.6. The van der Waals surface area contributed by atoms with Gasteiger partial charge in [0.15, 0.2) is 0 Å². The van der Waals surface area contributed by atoms with Gasteiger partial charge in [-0.1, -0.05) is 0 Å². The van der Waals surface area contributed by atoms with Crippen molar-refractivity contribution in [3.63, 3.8) is 0 Å². The lowest BCUT2D eigenvalue weighted by molar-refractivity contribution is 0.522. The number of aryl methyl sites for hydroxylation is 3. The van der Waals surface area contributed by atoms with E-state index in [0.717, 1.165) is 54.2 Å². The summed E-state index contributed by atoms with van der Waals surface area (Å²) in [5, 5.41) is 4.41. The fourth-order valence-corrected chi connectivity index (χ4v) is 3.29. The second kappa shape index (κ2) is 5.93. The summed E-state index contributed by atoms with van der Waals surface area (Å²) in [5.74, 6) is 2.73. The lowest BCUT2D eigenvalue weighted by atomic mass is 10.1. The molecule has 3 heterocycles. The third kappa shape index (κ3) is 3.47. The van der Waals surface area contributed by atoms with Crippen molar-refractivity contribution in [1.29, 1.82) is 0 Å². The maximum absolute atomic E-state index is 4.54. The van der Waals surface area contributed by atoms with Crippen molar-refractivity contribution >= 4 is 22.5 Å². The van der Waals surface area contributed by atoms with Crippen molar-refractivity contribution in [1.82, 2.24) is 19.3 Å². The van der Waals surface area contributed by atoms with E-state index in [4.69, 9.17) is 0 Å². The number of hydrogen-bond acceptors (Lipinski definition) is 7. The van der Waals surface area contributed by atoms with Crippen molar-refractivity contribution in [3.05, 3.63) is 23.4 Å². The van der Waals surface area contributed by atoms with Crippen LogP contribution >= 0.6 is 11.5 Å². The van der Waals surface area contributed by atoms with Crippen LogP contribution in [0.25, 0.3) is 0 Å². The highest BCUT2D eigenvalue weighted by atomic mass is 32.1. The topological polar surface area (TPSA) is 66.8 Å². The molecule has 0 saturated carbocycles. The zero-order chi connectivity index (χ0) is 14.8. The number of anilines is 2. The Hall–Kier alpha value is -1.76. The predicted octanol–water partition coefficient (Wildman–Crippen LogP) is 2.33. The van der Waals surface area contributed by atoms with E-state index in [1.807, 2.05) is 20.8 Å². The number of rotatable bonds is 3. The molecule has 112 valence electrons. The van der Waals surface area contributed by atoms with Crippen LogP contribution in [0.5, 0.6) is 0 Å². The van der Waals surface area contributed by atoms with Crippen LogP contribution in [-0.2, 0) is 0 Å². The molecule has 1 fully saturated rings. The van der Waals surface area contributed by atoms with Gasteiger partial charge in [-0.25, -0.2) is 15.0 Å².